The highest BCUT2D eigenvalue weighted by atomic mass is 79.9. The summed E-state index contributed by atoms with van der Waals surface area (Å²) in [7, 11) is -6.40. The minimum absolute atomic E-state index is 0.477. The lowest BCUT2D eigenvalue weighted by Crippen LogP contribution is -2.72. The molecule has 4 nitrogen and oxygen atoms in total. The first kappa shape index (κ1) is 61.7. The van der Waals surface area contributed by atoms with E-state index in [1.54, 1.807) is 12.1 Å². The van der Waals surface area contributed by atoms with Crippen LogP contribution in [0.25, 0.3) is 33.4 Å². The summed E-state index contributed by atoms with van der Waals surface area (Å²) in [6.45, 7) is 0. The van der Waals surface area contributed by atoms with E-state index in [1.165, 1.54) is 74.9 Å². The topological polar surface area (TPSA) is 46.9 Å². The van der Waals surface area contributed by atoms with E-state index < -0.39 is 23.3 Å². The molecule has 14 aromatic carbocycles. The van der Waals surface area contributed by atoms with Gasteiger partial charge in [-0.2, -0.15) is 0 Å². The molecule has 0 radical (unpaired) electrons. The number of rotatable bonds is 12. The van der Waals surface area contributed by atoms with Crippen LogP contribution in [0.2, 0.25) is 10.0 Å². The number of anilines is 6. The van der Waals surface area contributed by atoms with E-state index in [0.29, 0.717) is 5.46 Å². The van der Waals surface area contributed by atoms with Crippen LogP contribution in [-0.4, -0.2) is 33.3 Å². The zero-order valence-electron chi connectivity index (χ0n) is 51.1. The number of nitrogens with zero attached hydrogens (tertiary/aromatic N) is 2. The molecule has 0 saturated heterocycles. The molecule has 0 amide bonds. The predicted octanol–water partition coefficient (Wildman–Crippen LogP) is 16.1. The third-order valence-electron chi connectivity index (χ3n) is 18.0. The molecule has 0 spiro atoms. The molecule has 0 saturated carbocycles. The second-order valence-electron chi connectivity index (χ2n) is 23.3. The Labute approximate surface area is 570 Å². The Hall–Kier alpha value is -9.84. The average molecular weight is 1350 g/mol. The molecule has 0 fully saturated rings. The molecule has 0 unspecified atom stereocenters. The molecular weight excluding hydrogens is 1290 g/mol. The third kappa shape index (κ3) is 11.6. The van der Waals surface area contributed by atoms with Crippen molar-refractivity contribution in [3.63, 3.8) is 0 Å². The van der Waals surface area contributed by atoms with Crippen molar-refractivity contribution >= 4 is 143 Å². The molecule has 0 bridgehead atoms. The van der Waals surface area contributed by atoms with Crippen LogP contribution in [0.1, 0.15) is 0 Å². The van der Waals surface area contributed by atoms with Gasteiger partial charge in [-0.1, -0.05) is 300 Å². The number of para-hydroxylation sites is 4. The van der Waals surface area contributed by atoms with Crippen LogP contribution in [0, 0.1) is 0 Å². The van der Waals surface area contributed by atoms with Crippen LogP contribution in [0.15, 0.2) is 368 Å². The fourth-order valence-electron chi connectivity index (χ4n) is 14.0. The standard InChI is InChI=1S/C42H30ClNSi.C24H16BrClSi.C18H16BNO2/c43-39-22-13-23-41-42(39)38-30-32(26-29-40(38)45(41,36-18-9-3-10-19-36)37-20-11-4-12-21-37)31-24-27-35(28-25-31)44(33-14-5-1-6-15-33)34-16-7-2-8-17-34;25-17-14-15-22-20(16-17)24-21(26)12-7-13-23(24)27(22,18-8-3-1-4-9-18)19-10-5-2-6-11-19;21-19(22)15-11-13-18(14-12-15)20(16-7-3-1-4-8-16)17-9-5-2-6-10-17/h1-30H;1-16H;1-14,21-22H. The van der Waals surface area contributed by atoms with Gasteiger partial charge >= 0.3 is 7.12 Å². The second-order valence-corrected chi connectivity index (χ2v) is 32.5. The molecular formula is C84H62BBrCl2N2O2Si2. The molecule has 2 aliphatic rings. The van der Waals surface area contributed by atoms with Gasteiger partial charge in [0.15, 0.2) is 16.1 Å². The molecule has 0 atom stereocenters. The zero-order chi connectivity index (χ0) is 64.0. The van der Waals surface area contributed by atoms with E-state index in [2.05, 4.69) is 293 Å². The maximum absolute atomic E-state index is 9.23. The summed E-state index contributed by atoms with van der Waals surface area (Å²) in [5.41, 5.74) is 14.1. The van der Waals surface area contributed by atoms with Gasteiger partial charge < -0.3 is 19.8 Å². The summed E-state index contributed by atoms with van der Waals surface area (Å²) in [5, 5.41) is 31.2. The van der Waals surface area contributed by atoms with Gasteiger partial charge in [0.05, 0.1) is 0 Å². The minimum Gasteiger partial charge on any atom is -0.423 e. The highest BCUT2D eigenvalue weighted by Gasteiger charge is 2.51. The fraction of sp³-hybridized carbons (Fsp3) is 0. The van der Waals surface area contributed by atoms with E-state index in [-0.39, 0.29) is 0 Å². The van der Waals surface area contributed by atoms with Crippen LogP contribution >= 0.6 is 39.1 Å². The van der Waals surface area contributed by atoms with E-state index in [0.717, 1.165) is 48.6 Å². The van der Waals surface area contributed by atoms with Gasteiger partial charge in [0.2, 0.25) is 0 Å². The summed E-state index contributed by atoms with van der Waals surface area (Å²) in [4.78, 5) is 4.41. The second kappa shape index (κ2) is 27.4. The van der Waals surface area contributed by atoms with Crippen molar-refractivity contribution in [2.45, 2.75) is 0 Å². The normalized spacial score (nSPS) is 12.5. The molecule has 14 aromatic rings. The van der Waals surface area contributed by atoms with Gasteiger partial charge in [0, 0.05) is 59.8 Å². The summed E-state index contributed by atoms with van der Waals surface area (Å²) in [5.74, 6) is 0. The Morgan fingerprint density at radius 1 is 0.277 bits per heavy atom. The van der Waals surface area contributed by atoms with Crippen LogP contribution in [-0.2, 0) is 0 Å². The van der Waals surface area contributed by atoms with Gasteiger partial charge in [0.25, 0.3) is 0 Å². The summed E-state index contributed by atoms with van der Waals surface area (Å²) in [6.07, 6.45) is 0. The maximum Gasteiger partial charge on any atom is 0.488 e. The molecule has 0 aromatic heterocycles. The molecule has 2 heterocycles. The molecule has 2 aliphatic heterocycles. The van der Waals surface area contributed by atoms with Crippen molar-refractivity contribution < 1.29 is 10.0 Å². The van der Waals surface area contributed by atoms with Gasteiger partial charge in [0.1, 0.15) is 0 Å². The first-order valence-electron chi connectivity index (χ1n) is 31.4. The van der Waals surface area contributed by atoms with E-state index >= 15 is 0 Å². The monoisotopic (exact) mass is 1350 g/mol. The molecule has 16 rings (SSSR count). The Bertz CT molecular complexity index is 4740. The smallest absolute Gasteiger partial charge is 0.423 e. The Morgan fingerprint density at radius 3 is 0.926 bits per heavy atom. The molecule has 2 N–H and O–H groups in total. The van der Waals surface area contributed by atoms with Crippen molar-refractivity contribution in [2.24, 2.45) is 0 Å². The molecule has 10 heteroatoms. The highest BCUT2D eigenvalue weighted by molar-refractivity contribution is 9.10. The Balaban J connectivity index is 0.000000132. The van der Waals surface area contributed by atoms with Crippen molar-refractivity contribution in [1.29, 1.82) is 0 Å². The number of halogens is 3. The Kier molecular flexibility index (Phi) is 18.0. The van der Waals surface area contributed by atoms with E-state index in [4.69, 9.17) is 23.2 Å². The first-order valence-corrected chi connectivity index (χ1v) is 36.9. The molecule has 94 heavy (non-hydrogen) atoms. The van der Waals surface area contributed by atoms with Crippen LogP contribution < -0.4 is 56.8 Å². The molecule has 0 aliphatic carbocycles. The van der Waals surface area contributed by atoms with Gasteiger partial charge in [-0.05, 0) is 172 Å². The highest BCUT2D eigenvalue weighted by Crippen LogP contribution is 2.40. The average Bonchev–Trinajstić information content (AvgIpc) is 1.54. The summed E-state index contributed by atoms with van der Waals surface area (Å²) in [6, 6.07) is 128. The quantitative estimate of drug-likeness (QED) is 0.120. The van der Waals surface area contributed by atoms with Crippen LogP contribution in [0.4, 0.5) is 34.1 Å². The van der Waals surface area contributed by atoms with Crippen LogP contribution in [0.5, 0.6) is 0 Å². The fourth-order valence-corrected chi connectivity index (χ4v) is 25.4. The Morgan fingerprint density at radius 2 is 0.574 bits per heavy atom. The molecule has 452 valence electrons. The van der Waals surface area contributed by atoms with Gasteiger partial charge in [-0.25, -0.2) is 0 Å². The van der Waals surface area contributed by atoms with Crippen molar-refractivity contribution in [2.75, 3.05) is 9.80 Å². The predicted molar refractivity (Wildman–Crippen MR) is 407 cm³/mol. The summed E-state index contributed by atoms with van der Waals surface area (Å²) >= 11 is 17.5. The zero-order valence-corrected chi connectivity index (χ0v) is 56.2. The third-order valence-corrected chi connectivity index (χ3v) is 28.8. The number of hydrogen-bond acceptors (Lipinski definition) is 4. The SMILES string of the molecule is Clc1cccc2c1-c1cc(-c3ccc(N(c4ccccc4)c4ccccc4)cc3)ccc1[Si]2(c1ccccc1)c1ccccc1.Clc1cccc2c1-c1cc(Br)ccc1[Si]2(c1ccccc1)c1ccccc1.OB(O)c1ccc(N(c2ccccc2)c2ccccc2)cc1. The number of fused-ring (bicyclic) bond motifs is 6. The van der Waals surface area contributed by atoms with Crippen molar-refractivity contribution in [3.05, 3.63) is 379 Å². The number of hydrogen-bond donors (Lipinski definition) is 2. The van der Waals surface area contributed by atoms with Crippen LogP contribution in [0.3, 0.4) is 0 Å². The van der Waals surface area contributed by atoms with E-state index in [9.17, 15) is 10.0 Å². The lowest BCUT2D eigenvalue weighted by atomic mass is 9.80. The first-order chi connectivity index (χ1) is 46.2. The van der Waals surface area contributed by atoms with E-state index in [1.807, 2.05) is 84.9 Å². The minimum atomic E-state index is -2.57. The van der Waals surface area contributed by atoms with Crippen molar-refractivity contribution in [3.8, 4) is 33.4 Å². The largest absolute Gasteiger partial charge is 0.488 e. The van der Waals surface area contributed by atoms with Gasteiger partial charge in [-0.15, -0.1) is 0 Å². The van der Waals surface area contributed by atoms with Crippen molar-refractivity contribution in [1.82, 2.24) is 0 Å². The lowest BCUT2D eigenvalue weighted by molar-refractivity contribution is 0.426. The lowest BCUT2D eigenvalue weighted by Gasteiger charge is -2.31. The summed E-state index contributed by atoms with van der Waals surface area (Å²) < 4.78 is 1.08. The number of benzene rings is 14. The maximum atomic E-state index is 9.23. The van der Waals surface area contributed by atoms with Gasteiger partial charge in [-0.3, -0.25) is 0 Å².